The summed E-state index contributed by atoms with van der Waals surface area (Å²) in [6.45, 7) is 4.39. The molecule has 1 heteroatoms. The van der Waals surface area contributed by atoms with E-state index in [1.54, 1.807) is 0 Å². The van der Waals surface area contributed by atoms with Gasteiger partial charge in [-0.2, -0.15) is 0 Å². The number of rotatable bonds is 0. The highest BCUT2D eigenvalue weighted by Crippen LogP contribution is 2.44. The second-order valence-corrected chi connectivity index (χ2v) is 4.35. The molecule has 0 N–H and O–H groups in total. The lowest BCUT2D eigenvalue weighted by molar-refractivity contribution is 0.449. The largest absolute Gasteiger partial charge is 0.457 e. The first-order chi connectivity index (χ1) is 7.77. The van der Waals surface area contributed by atoms with Gasteiger partial charge in [-0.05, 0) is 24.6 Å². The van der Waals surface area contributed by atoms with Gasteiger partial charge in [0.25, 0.3) is 0 Å². The zero-order valence-electron chi connectivity index (χ0n) is 9.53. The molecule has 0 aliphatic carbocycles. The first-order valence-electron chi connectivity index (χ1n) is 5.63. The van der Waals surface area contributed by atoms with Gasteiger partial charge in [0.2, 0.25) is 0 Å². The van der Waals surface area contributed by atoms with Crippen LogP contribution in [0.4, 0.5) is 0 Å². The van der Waals surface area contributed by atoms with E-state index in [1.807, 2.05) is 12.1 Å². The zero-order chi connectivity index (χ0) is 11.1. The van der Waals surface area contributed by atoms with Crippen molar-refractivity contribution < 1.29 is 4.74 Å². The standard InChI is InChI=1S/C15H14O/c1-10-6-5-9-14-15(10)11(2)12-7-3-4-8-13(12)16-14/h3-9,11H,1-2H3. The fraction of sp³-hybridized carbons (Fsp3) is 0.200. The van der Waals surface area contributed by atoms with E-state index in [9.17, 15) is 0 Å². The second-order valence-electron chi connectivity index (χ2n) is 4.35. The summed E-state index contributed by atoms with van der Waals surface area (Å²) in [5.41, 5.74) is 3.91. The minimum atomic E-state index is 0.418. The molecule has 2 aromatic carbocycles. The number of hydrogen-bond donors (Lipinski definition) is 0. The summed E-state index contributed by atoms with van der Waals surface area (Å²) >= 11 is 0. The first-order valence-corrected chi connectivity index (χ1v) is 5.63. The molecular weight excluding hydrogens is 196 g/mol. The highest BCUT2D eigenvalue weighted by atomic mass is 16.5. The van der Waals surface area contributed by atoms with Crippen LogP contribution in [0.5, 0.6) is 11.5 Å². The molecule has 1 aliphatic heterocycles. The van der Waals surface area contributed by atoms with E-state index in [1.165, 1.54) is 16.7 Å². The van der Waals surface area contributed by atoms with Crippen LogP contribution in [0.1, 0.15) is 29.5 Å². The SMILES string of the molecule is Cc1cccc2c1C(C)c1ccccc1O2. The van der Waals surface area contributed by atoms with E-state index < -0.39 is 0 Å². The Labute approximate surface area is 95.7 Å². The van der Waals surface area contributed by atoms with Crippen LogP contribution < -0.4 is 4.74 Å². The zero-order valence-corrected chi connectivity index (χ0v) is 9.53. The topological polar surface area (TPSA) is 9.23 Å². The van der Waals surface area contributed by atoms with Crippen LogP contribution in [0.3, 0.4) is 0 Å². The highest BCUT2D eigenvalue weighted by molar-refractivity contribution is 5.55. The number of para-hydroxylation sites is 1. The van der Waals surface area contributed by atoms with Crippen molar-refractivity contribution in [2.45, 2.75) is 19.8 Å². The highest BCUT2D eigenvalue weighted by Gasteiger charge is 2.24. The lowest BCUT2D eigenvalue weighted by Crippen LogP contribution is -2.08. The summed E-state index contributed by atoms with van der Waals surface area (Å²) in [6.07, 6.45) is 0. The number of fused-ring (bicyclic) bond motifs is 2. The summed E-state index contributed by atoms with van der Waals surface area (Å²) in [5.74, 6) is 2.42. The number of ether oxygens (including phenoxy) is 1. The molecule has 0 saturated carbocycles. The van der Waals surface area contributed by atoms with Crippen LogP contribution in [-0.4, -0.2) is 0 Å². The maximum Gasteiger partial charge on any atom is 0.131 e. The van der Waals surface area contributed by atoms with Crippen molar-refractivity contribution in [2.24, 2.45) is 0 Å². The van der Waals surface area contributed by atoms with Gasteiger partial charge < -0.3 is 4.74 Å². The smallest absolute Gasteiger partial charge is 0.131 e. The van der Waals surface area contributed by atoms with E-state index >= 15 is 0 Å². The summed E-state index contributed by atoms with van der Waals surface area (Å²) in [7, 11) is 0. The fourth-order valence-electron chi connectivity index (χ4n) is 2.50. The summed E-state index contributed by atoms with van der Waals surface area (Å²) in [5, 5.41) is 0. The Morgan fingerprint density at radius 2 is 1.69 bits per heavy atom. The van der Waals surface area contributed by atoms with Crippen LogP contribution in [0.15, 0.2) is 42.5 Å². The van der Waals surface area contributed by atoms with Crippen LogP contribution in [0.2, 0.25) is 0 Å². The number of hydrogen-bond acceptors (Lipinski definition) is 1. The molecule has 0 amide bonds. The van der Waals surface area contributed by atoms with Gasteiger partial charge in [0.1, 0.15) is 11.5 Å². The Kier molecular flexibility index (Phi) is 2.00. The molecule has 0 spiro atoms. The molecule has 0 fully saturated rings. The monoisotopic (exact) mass is 210 g/mol. The molecule has 1 atom stereocenters. The van der Waals surface area contributed by atoms with Crippen molar-refractivity contribution in [2.75, 3.05) is 0 Å². The Hall–Kier alpha value is -1.76. The van der Waals surface area contributed by atoms with Crippen LogP contribution >= 0.6 is 0 Å². The van der Waals surface area contributed by atoms with Crippen LogP contribution in [0.25, 0.3) is 0 Å². The maximum absolute atomic E-state index is 5.93. The molecule has 3 rings (SSSR count). The lowest BCUT2D eigenvalue weighted by atomic mass is 9.87. The van der Waals surface area contributed by atoms with Gasteiger partial charge in [-0.1, -0.05) is 37.3 Å². The lowest BCUT2D eigenvalue weighted by Gasteiger charge is -2.27. The normalized spacial score (nSPS) is 17.2. The predicted octanol–water partition coefficient (Wildman–Crippen LogP) is 4.25. The van der Waals surface area contributed by atoms with Crippen molar-refractivity contribution in [3.63, 3.8) is 0 Å². The van der Waals surface area contributed by atoms with E-state index in [0.717, 1.165) is 11.5 Å². The molecule has 1 aliphatic rings. The minimum absolute atomic E-state index is 0.418. The molecule has 0 saturated heterocycles. The summed E-state index contributed by atoms with van der Waals surface area (Å²) in [4.78, 5) is 0. The van der Waals surface area contributed by atoms with Crippen molar-refractivity contribution in [3.05, 3.63) is 59.2 Å². The number of aryl methyl sites for hydroxylation is 1. The average molecular weight is 210 g/mol. The molecule has 0 bridgehead atoms. The van der Waals surface area contributed by atoms with E-state index in [0.29, 0.717) is 5.92 Å². The van der Waals surface area contributed by atoms with E-state index in [4.69, 9.17) is 4.74 Å². The maximum atomic E-state index is 5.93. The summed E-state index contributed by atoms with van der Waals surface area (Å²) < 4.78 is 5.93. The minimum Gasteiger partial charge on any atom is -0.457 e. The second kappa shape index (κ2) is 3.38. The van der Waals surface area contributed by atoms with Gasteiger partial charge in [-0.3, -0.25) is 0 Å². The van der Waals surface area contributed by atoms with Crippen LogP contribution in [-0.2, 0) is 0 Å². The predicted molar refractivity (Wildman–Crippen MR) is 65.2 cm³/mol. The van der Waals surface area contributed by atoms with Gasteiger partial charge in [0.15, 0.2) is 0 Å². The Bertz CT molecular complexity index is 543. The van der Waals surface area contributed by atoms with E-state index in [2.05, 4.69) is 44.2 Å². The van der Waals surface area contributed by atoms with Gasteiger partial charge in [0, 0.05) is 17.0 Å². The van der Waals surface area contributed by atoms with Crippen molar-refractivity contribution in [1.82, 2.24) is 0 Å². The Balaban J connectivity index is 2.23. The average Bonchev–Trinajstić information content (AvgIpc) is 2.29. The molecule has 0 aromatic heterocycles. The van der Waals surface area contributed by atoms with Crippen molar-refractivity contribution in [3.8, 4) is 11.5 Å². The molecule has 80 valence electrons. The fourth-order valence-corrected chi connectivity index (χ4v) is 2.50. The van der Waals surface area contributed by atoms with Crippen molar-refractivity contribution >= 4 is 0 Å². The third kappa shape index (κ3) is 1.25. The summed E-state index contributed by atoms with van der Waals surface area (Å²) in [6, 6.07) is 14.5. The Morgan fingerprint density at radius 3 is 2.56 bits per heavy atom. The Morgan fingerprint density at radius 1 is 0.938 bits per heavy atom. The van der Waals surface area contributed by atoms with Crippen molar-refractivity contribution in [1.29, 1.82) is 0 Å². The van der Waals surface area contributed by atoms with E-state index in [-0.39, 0.29) is 0 Å². The van der Waals surface area contributed by atoms with Gasteiger partial charge in [-0.25, -0.2) is 0 Å². The van der Waals surface area contributed by atoms with Crippen LogP contribution in [0, 0.1) is 6.92 Å². The van der Waals surface area contributed by atoms with Gasteiger partial charge >= 0.3 is 0 Å². The third-order valence-electron chi connectivity index (χ3n) is 3.32. The molecule has 16 heavy (non-hydrogen) atoms. The number of benzene rings is 2. The van der Waals surface area contributed by atoms with Gasteiger partial charge in [-0.15, -0.1) is 0 Å². The molecule has 2 aromatic rings. The molecule has 1 nitrogen and oxygen atoms in total. The molecular formula is C15H14O. The molecule has 0 radical (unpaired) electrons. The third-order valence-corrected chi connectivity index (χ3v) is 3.32. The van der Waals surface area contributed by atoms with Gasteiger partial charge in [0.05, 0.1) is 0 Å². The first kappa shape index (κ1) is 9.46. The molecule has 1 unspecified atom stereocenters. The quantitative estimate of drug-likeness (QED) is 0.631. The molecule has 1 heterocycles.